The normalized spacial score (nSPS) is 41.1. The fourth-order valence-electron chi connectivity index (χ4n) is 2.16. The Morgan fingerprint density at radius 2 is 1.83 bits per heavy atom. The second kappa shape index (κ2) is 2.98. The van der Waals surface area contributed by atoms with Crippen molar-refractivity contribution in [3.8, 4) is 0 Å². The summed E-state index contributed by atoms with van der Waals surface area (Å²) < 4.78 is 0. The molecule has 0 heterocycles. The molecule has 0 aromatic rings. The number of hydrazine groups is 1. The van der Waals surface area contributed by atoms with Crippen molar-refractivity contribution in [3.63, 3.8) is 0 Å². The van der Waals surface area contributed by atoms with Gasteiger partial charge in [0.1, 0.15) is 0 Å². The average Bonchev–Trinajstić information content (AvgIpc) is 2.78. The minimum Gasteiger partial charge on any atom is -0.401 e. The van der Waals surface area contributed by atoms with Crippen LogP contribution >= 0.6 is 0 Å². The zero-order valence-electron chi connectivity index (χ0n) is 7.34. The molecule has 0 aromatic heterocycles. The van der Waals surface area contributed by atoms with Gasteiger partial charge >= 0.3 is 0 Å². The standard InChI is InChI=1S/C9H17N3/c10-8-3-1-6-5-7(6)2-4-9(8)12-11/h6-7,12H,1-5,10-11H2/b9-8-. The van der Waals surface area contributed by atoms with Crippen LogP contribution in [-0.2, 0) is 0 Å². The Bertz CT molecular complexity index is 210. The summed E-state index contributed by atoms with van der Waals surface area (Å²) in [5, 5.41) is 0. The number of allylic oxidation sites excluding steroid dienone is 2. The second-order valence-corrected chi connectivity index (χ2v) is 3.98. The van der Waals surface area contributed by atoms with E-state index in [0.717, 1.165) is 36.1 Å². The first-order chi connectivity index (χ1) is 5.81. The van der Waals surface area contributed by atoms with Gasteiger partial charge in [0.05, 0.1) is 0 Å². The van der Waals surface area contributed by atoms with Gasteiger partial charge in [0.15, 0.2) is 0 Å². The quantitative estimate of drug-likeness (QED) is 0.400. The first-order valence-electron chi connectivity index (χ1n) is 4.75. The lowest BCUT2D eigenvalue weighted by Gasteiger charge is -2.14. The Kier molecular flexibility index (Phi) is 1.97. The summed E-state index contributed by atoms with van der Waals surface area (Å²) in [6, 6.07) is 0. The van der Waals surface area contributed by atoms with Crippen LogP contribution in [0.5, 0.6) is 0 Å². The summed E-state index contributed by atoms with van der Waals surface area (Å²) in [5.74, 6) is 7.33. The monoisotopic (exact) mass is 167 g/mol. The molecule has 2 rings (SSSR count). The van der Waals surface area contributed by atoms with Crippen LogP contribution in [0.15, 0.2) is 11.4 Å². The van der Waals surface area contributed by atoms with E-state index in [1.54, 1.807) is 0 Å². The zero-order valence-corrected chi connectivity index (χ0v) is 7.34. The highest BCUT2D eigenvalue weighted by molar-refractivity contribution is 5.11. The summed E-state index contributed by atoms with van der Waals surface area (Å²) in [4.78, 5) is 0. The number of nitrogens with one attached hydrogen (secondary N) is 1. The van der Waals surface area contributed by atoms with Gasteiger partial charge in [0.25, 0.3) is 0 Å². The molecule has 0 aliphatic heterocycles. The molecule has 0 radical (unpaired) electrons. The third kappa shape index (κ3) is 1.41. The minimum atomic E-state index is 0.974. The predicted octanol–water partition coefficient (Wildman–Crippen LogP) is 0.830. The molecule has 68 valence electrons. The van der Waals surface area contributed by atoms with Crippen molar-refractivity contribution in [2.75, 3.05) is 0 Å². The number of fused-ring (bicyclic) bond motifs is 1. The molecule has 1 saturated carbocycles. The van der Waals surface area contributed by atoms with Gasteiger partial charge < -0.3 is 11.2 Å². The van der Waals surface area contributed by atoms with Crippen LogP contribution in [0.25, 0.3) is 0 Å². The Hall–Kier alpha value is -0.700. The average molecular weight is 167 g/mol. The molecule has 12 heavy (non-hydrogen) atoms. The Labute approximate surface area is 73.2 Å². The number of hydrogen-bond acceptors (Lipinski definition) is 3. The summed E-state index contributed by atoms with van der Waals surface area (Å²) in [7, 11) is 0. The third-order valence-electron chi connectivity index (χ3n) is 3.18. The summed E-state index contributed by atoms with van der Waals surface area (Å²) in [6.45, 7) is 0. The molecule has 3 heteroatoms. The van der Waals surface area contributed by atoms with Gasteiger partial charge in [-0.25, -0.2) is 0 Å². The molecule has 0 aromatic carbocycles. The van der Waals surface area contributed by atoms with Gasteiger partial charge in [-0.3, -0.25) is 5.84 Å². The number of hydrogen-bond donors (Lipinski definition) is 3. The van der Waals surface area contributed by atoms with Crippen molar-refractivity contribution >= 4 is 0 Å². The van der Waals surface area contributed by atoms with Crippen LogP contribution in [0.1, 0.15) is 32.1 Å². The molecule has 3 nitrogen and oxygen atoms in total. The van der Waals surface area contributed by atoms with Gasteiger partial charge in [-0.1, -0.05) is 0 Å². The molecule has 5 N–H and O–H groups in total. The molecule has 2 atom stereocenters. The summed E-state index contributed by atoms with van der Waals surface area (Å²) in [6.07, 6.45) is 6.03. The molecule has 1 fully saturated rings. The molecule has 2 unspecified atom stereocenters. The zero-order chi connectivity index (χ0) is 8.55. The lowest BCUT2D eigenvalue weighted by Crippen LogP contribution is -2.25. The number of rotatable bonds is 1. The predicted molar refractivity (Wildman–Crippen MR) is 48.6 cm³/mol. The number of nitrogens with two attached hydrogens (primary N) is 2. The van der Waals surface area contributed by atoms with Crippen LogP contribution < -0.4 is 17.0 Å². The summed E-state index contributed by atoms with van der Waals surface area (Å²) >= 11 is 0. The fourth-order valence-corrected chi connectivity index (χ4v) is 2.16. The van der Waals surface area contributed by atoms with Gasteiger partial charge in [-0.15, -0.1) is 0 Å². The molecular weight excluding hydrogens is 150 g/mol. The lowest BCUT2D eigenvalue weighted by atomic mass is 10.0. The maximum Gasteiger partial charge on any atom is 0.0446 e. The van der Waals surface area contributed by atoms with E-state index in [2.05, 4.69) is 5.43 Å². The molecule has 0 saturated heterocycles. The lowest BCUT2D eigenvalue weighted by molar-refractivity contribution is 0.561. The van der Waals surface area contributed by atoms with Crippen LogP contribution in [-0.4, -0.2) is 0 Å². The van der Waals surface area contributed by atoms with Crippen LogP contribution in [0, 0.1) is 11.8 Å². The van der Waals surface area contributed by atoms with E-state index in [-0.39, 0.29) is 0 Å². The smallest absolute Gasteiger partial charge is 0.0446 e. The fraction of sp³-hybridized carbons (Fsp3) is 0.778. The maximum absolute atomic E-state index is 5.88. The van der Waals surface area contributed by atoms with E-state index in [1.165, 1.54) is 19.3 Å². The van der Waals surface area contributed by atoms with E-state index in [1.807, 2.05) is 0 Å². The highest BCUT2D eigenvalue weighted by Gasteiger charge is 2.37. The van der Waals surface area contributed by atoms with Gasteiger partial charge in [-0.05, 0) is 43.9 Å². The molecule has 0 spiro atoms. The molecular formula is C9H17N3. The third-order valence-corrected chi connectivity index (χ3v) is 3.18. The summed E-state index contributed by atoms with van der Waals surface area (Å²) in [5.41, 5.74) is 10.6. The highest BCUT2D eigenvalue weighted by Crippen LogP contribution is 2.47. The first kappa shape index (κ1) is 7.92. The Balaban J connectivity index is 2.03. The molecule has 0 bridgehead atoms. The SMILES string of the molecule is NN/C1=C(\N)CCC2CC2CC1. The highest BCUT2D eigenvalue weighted by atomic mass is 15.2. The van der Waals surface area contributed by atoms with Crippen molar-refractivity contribution in [3.05, 3.63) is 11.4 Å². The largest absolute Gasteiger partial charge is 0.401 e. The first-order valence-corrected chi connectivity index (χ1v) is 4.75. The van der Waals surface area contributed by atoms with Gasteiger partial charge in [0, 0.05) is 11.4 Å². The Morgan fingerprint density at radius 1 is 1.17 bits per heavy atom. The van der Waals surface area contributed by atoms with Gasteiger partial charge in [0.2, 0.25) is 0 Å². The minimum absolute atomic E-state index is 0.974. The van der Waals surface area contributed by atoms with Crippen molar-refractivity contribution in [2.24, 2.45) is 23.4 Å². The van der Waals surface area contributed by atoms with Gasteiger partial charge in [-0.2, -0.15) is 0 Å². The van der Waals surface area contributed by atoms with E-state index >= 15 is 0 Å². The van der Waals surface area contributed by atoms with E-state index in [4.69, 9.17) is 11.6 Å². The Morgan fingerprint density at radius 3 is 2.50 bits per heavy atom. The van der Waals surface area contributed by atoms with E-state index < -0.39 is 0 Å². The van der Waals surface area contributed by atoms with E-state index in [9.17, 15) is 0 Å². The van der Waals surface area contributed by atoms with Crippen LogP contribution in [0.2, 0.25) is 0 Å². The van der Waals surface area contributed by atoms with Crippen LogP contribution in [0.3, 0.4) is 0 Å². The van der Waals surface area contributed by atoms with Crippen molar-refractivity contribution < 1.29 is 0 Å². The van der Waals surface area contributed by atoms with Crippen molar-refractivity contribution in [2.45, 2.75) is 32.1 Å². The van der Waals surface area contributed by atoms with E-state index in [0.29, 0.717) is 0 Å². The maximum atomic E-state index is 5.88. The van der Waals surface area contributed by atoms with Crippen molar-refractivity contribution in [1.82, 2.24) is 5.43 Å². The topological polar surface area (TPSA) is 64.1 Å². The van der Waals surface area contributed by atoms with Crippen molar-refractivity contribution in [1.29, 1.82) is 0 Å². The molecule has 0 amide bonds. The molecule has 2 aliphatic rings. The molecule has 2 aliphatic carbocycles. The van der Waals surface area contributed by atoms with Crippen LogP contribution in [0.4, 0.5) is 0 Å². The second-order valence-electron chi connectivity index (χ2n) is 3.98.